The lowest BCUT2D eigenvalue weighted by Gasteiger charge is -2.33. The zero-order valence-electron chi connectivity index (χ0n) is 25.9. The number of fused-ring (bicyclic) bond motifs is 1. The second kappa shape index (κ2) is 13.0. The molecule has 1 fully saturated rings. The van der Waals surface area contributed by atoms with Gasteiger partial charge in [-0.05, 0) is 90.4 Å². The lowest BCUT2D eigenvalue weighted by molar-refractivity contribution is -0.138. The Labute approximate surface area is 273 Å². The number of halogens is 4. The fourth-order valence-electron chi connectivity index (χ4n) is 5.91. The van der Waals surface area contributed by atoms with Gasteiger partial charge in [0, 0.05) is 31.1 Å². The highest BCUT2D eigenvalue weighted by Gasteiger charge is 2.41. The van der Waals surface area contributed by atoms with Crippen LogP contribution in [0.3, 0.4) is 0 Å². The van der Waals surface area contributed by atoms with Crippen molar-refractivity contribution in [2.24, 2.45) is 7.05 Å². The molecule has 4 aromatic rings. The highest BCUT2D eigenvalue weighted by molar-refractivity contribution is 6.10. The minimum absolute atomic E-state index is 0.0815. The molecule has 1 N–H and O–H groups in total. The fraction of sp³-hybridized carbons (Fsp3) is 0.353. The van der Waals surface area contributed by atoms with Crippen LogP contribution in [-0.2, 0) is 31.1 Å². The van der Waals surface area contributed by atoms with Crippen LogP contribution >= 0.6 is 0 Å². The minimum atomic E-state index is -4.77. The number of carbonyl (C=O) groups excluding carboxylic acids is 1. The van der Waals surface area contributed by atoms with E-state index in [9.17, 15) is 27.6 Å². The van der Waals surface area contributed by atoms with Crippen molar-refractivity contribution >= 4 is 17.5 Å². The largest absolute Gasteiger partial charge is 0.416 e. The van der Waals surface area contributed by atoms with Gasteiger partial charge in [-0.15, -0.1) is 10.2 Å². The monoisotopic (exact) mass is 658 g/mol. The zero-order chi connectivity index (χ0) is 34.1. The molecule has 2 aromatic heterocycles. The number of unbranched alkanes of at least 4 members (excludes halogenated alkanes) is 1. The molecule has 0 radical (unpaired) electrons. The summed E-state index contributed by atoms with van der Waals surface area (Å²) in [6.07, 6.45) is -1.02. The van der Waals surface area contributed by atoms with Gasteiger partial charge >= 0.3 is 6.18 Å². The Kier molecular flexibility index (Phi) is 8.86. The van der Waals surface area contributed by atoms with E-state index >= 15 is 0 Å². The third-order valence-electron chi connectivity index (χ3n) is 8.56. The first-order valence-electron chi connectivity index (χ1n) is 15.3. The average Bonchev–Trinajstić information content (AvgIpc) is 3.63. The SMILES string of the molecule is Cn1cnnc1-c1ccc(C#N)cc1-c1cc(NCCCC#N)nc(N2Cc3c(cc(COCC4(F)CCC4)cc3C(F)(F)F)C2=O)c1. The van der Waals surface area contributed by atoms with Crippen molar-refractivity contribution in [1.29, 1.82) is 10.5 Å². The number of pyridine rings is 1. The van der Waals surface area contributed by atoms with Crippen LogP contribution in [-0.4, -0.2) is 44.5 Å². The number of amides is 1. The highest BCUT2D eigenvalue weighted by Crippen LogP contribution is 2.42. The smallest absolute Gasteiger partial charge is 0.373 e. The Morgan fingerprint density at radius 2 is 1.90 bits per heavy atom. The van der Waals surface area contributed by atoms with Gasteiger partial charge in [-0.25, -0.2) is 9.37 Å². The number of benzene rings is 2. The fourth-order valence-corrected chi connectivity index (χ4v) is 5.91. The van der Waals surface area contributed by atoms with Crippen molar-refractivity contribution in [3.63, 3.8) is 0 Å². The first kappa shape index (κ1) is 32.6. The molecule has 0 unspecified atom stereocenters. The Morgan fingerprint density at radius 1 is 1.08 bits per heavy atom. The van der Waals surface area contributed by atoms with Gasteiger partial charge in [-0.3, -0.25) is 9.69 Å². The molecule has 1 aliphatic carbocycles. The van der Waals surface area contributed by atoms with E-state index in [1.807, 2.05) is 0 Å². The van der Waals surface area contributed by atoms with Crippen LogP contribution in [0.5, 0.6) is 0 Å². The predicted molar refractivity (Wildman–Crippen MR) is 167 cm³/mol. The number of rotatable bonds is 11. The standard InChI is InChI=1S/C34H30F4N8O2/c1-45-20-42-44-31(45)24-6-5-21(16-40)11-25(24)23-14-29(41-10-3-2-9-39)43-30(15-23)46-17-27-26(32(46)47)12-22(13-28(27)34(36,37)38)18-48-19-33(35)7-4-8-33/h5-6,11-15,20H,2-4,7-8,10,17-19H2,1H3,(H,41,43). The van der Waals surface area contributed by atoms with E-state index in [-0.39, 0.29) is 35.7 Å². The van der Waals surface area contributed by atoms with Crippen LogP contribution in [0, 0.1) is 22.7 Å². The quantitative estimate of drug-likeness (QED) is 0.139. The summed E-state index contributed by atoms with van der Waals surface area (Å²) < 4.78 is 64.7. The lowest BCUT2D eigenvalue weighted by atomic mass is 9.83. The molecule has 0 saturated heterocycles. The summed E-state index contributed by atoms with van der Waals surface area (Å²) in [5.41, 5.74) is -0.599. The van der Waals surface area contributed by atoms with E-state index in [0.717, 1.165) is 12.5 Å². The maximum atomic E-state index is 14.5. The third-order valence-corrected chi connectivity index (χ3v) is 8.56. The number of aryl methyl sites for hydroxylation is 1. The van der Waals surface area contributed by atoms with E-state index < -0.39 is 29.9 Å². The normalized spacial score (nSPS) is 15.1. The van der Waals surface area contributed by atoms with Gasteiger partial charge in [0.15, 0.2) is 5.82 Å². The van der Waals surface area contributed by atoms with Crippen LogP contribution in [0.1, 0.15) is 64.7 Å². The van der Waals surface area contributed by atoms with Crippen molar-refractivity contribution in [2.75, 3.05) is 23.4 Å². The molecule has 48 heavy (non-hydrogen) atoms. The van der Waals surface area contributed by atoms with Gasteiger partial charge < -0.3 is 14.6 Å². The number of nitrogens with one attached hydrogen (secondary N) is 1. The zero-order valence-corrected chi connectivity index (χ0v) is 25.9. The molecule has 10 nitrogen and oxygen atoms in total. The van der Waals surface area contributed by atoms with Crippen LogP contribution in [0.25, 0.3) is 22.5 Å². The first-order valence-corrected chi connectivity index (χ1v) is 15.3. The molecular formula is C34H30F4N8O2. The number of anilines is 2. The number of hydrogen-bond acceptors (Lipinski definition) is 8. The van der Waals surface area contributed by atoms with E-state index in [0.29, 0.717) is 66.1 Å². The summed E-state index contributed by atoms with van der Waals surface area (Å²) in [6, 6.07) is 14.8. The van der Waals surface area contributed by atoms with E-state index in [1.54, 1.807) is 41.9 Å². The van der Waals surface area contributed by atoms with Gasteiger partial charge in [0.1, 0.15) is 23.6 Å². The topological polar surface area (TPSA) is 133 Å². The van der Waals surface area contributed by atoms with Crippen LogP contribution in [0.4, 0.5) is 29.2 Å². The Bertz CT molecular complexity index is 1960. The molecule has 0 bridgehead atoms. The summed E-state index contributed by atoms with van der Waals surface area (Å²) in [5.74, 6) is 0.217. The van der Waals surface area contributed by atoms with Gasteiger partial charge in [-0.1, -0.05) is 0 Å². The molecule has 0 atom stereocenters. The molecule has 2 aromatic carbocycles. The summed E-state index contributed by atoms with van der Waals surface area (Å²) >= 11 is 0. The molecule has 0 spiro atoms. The molecule has 246 valence electrons. The number of nitrogens with zero attached hydrogens (tertiary/aromatic N) is 7. The van der Waals surface area contributed by atoms with Crippen LogP contribution < -0.4 is 10.2 Å². The maximum absolute atomic E-state index is 14.5. The Morgan fingerprint density at radius 3 is 2.56 bits per heavy atom. The summed E-state index contributed by atoms with van der Waals surface area (Å²) in [4.78, 5) is 19.6. The summed E-state index contributed by atoms with van der Waals surface area (Å²) in [6.45, 7) is -0.528. The van der Waals surface area contributed by atoms with Gasteiger partial charge in [0.2, 0.25) is 0 Å². The van der Waals surface area contributed by atoms with Crippen molar-refractivity contribution in [3.8, 4) is 34.7 Å². The molecule has 1 saturated carbocycles. The van der Waals surface area contributed by atoms with Gasteiger partial charge in [-0.2, -0.15) is 23.7 Å². The first-order chi connectivity index (χ1) is 23.0. The van der Waals surface area contributed by atoms with Crippen LogP contribution in [0.2, 0.25) is 0 Å². The van der Waals surface area contributed by atoms with Crippen molar-refractivity contribution in [1.82, 2.24) is 19.7 Å². The van der Waals surface area contributed by atoms with E-state index in [2.05, 4.69) is 32.6 Å². The number of alkyl halides is 4. The average molecular weight is 659 g/mol. The van der Waals surface area contributed by atoms with Crippen LogP contribution in [0.15, 0.2) is 48.8 Å². The predicted octanol–water partition coefficient (Wildman–Crippen LogP) is 6.72. The molecular weight excluding hydrogens is 628 g/mol. The number of ether oxygens (including phenoxy) is 1. The van der Waals surface area contributed by atoms with Gasteiger partial charge in [0.05, 0.1) is 43.0 Å². The van der Waals surface area contributed by atoms with Crippen molar-refractivity contribution in [3.05, 3.63) is 76.6 Å². The molecule has 1 aliphatic heterocycles. The maximum Gasteiger partial charge on any atom is 0.416 e. The number of hydrogen-bond donors (Lipinski definition) is 1. The number of carbonyl (C=O) groups is 1. The lowest BCUT2D eigenvalue weighted by Crippen LogP contribution is -2.36. The molecule has 1 amide bonds. The third kappa shape index (κ3) is 6.57. The molecule has 6 rings (SSSR count). The Hall–Kier alpha value is -5.34. The molecule has 2 aliphatic rings. The highest BCUT2D eigenvalue weighted by atomic mass is 19.4. The number of nitriles is 2. The second-order valence-corrected chi connectivity index (χ2v) is 12.0. The number of aromatic nitrogens is 4. The summed E-state index contributed by atoms with van der Waals surface area (Å²) in [5, 5.41) is 30.0. The van der Waals surface area contributed by atoms with Gasteiger partial charge in [0.25, 0.3) is 5.91 Å². The molecule has 14 heteroatoms. The van der Waals surface area contributed by atoms with Crippen molar-refractivity contribution in [2.45, 2.75) is 57.1 Å². The minimum Gasteiger partial charge on any atom is -0.373 e. The molecule has 3 heterocycles. The van der Waals surface area contributed by atoms with Crippen molar-refractivity contribution < 1.29 is 27.1 Å². The van der Waals surface area contributed by atoms with E-state index in [4.69, 9.17) is 10.00 Å². The second-order valence-electron chi connectivity index (χ2n) is 12.0. The Balaban J connectivity index is 1.40. The van der Waals surface area contributed by atoms with E-state index in [1.165, 1.54) is 17.3 Å². The summed E-state index contributed by atoms with van der Waals surface area (Å²) in [7, 11) is 1.76.